The van der Waals surface area contributed by atoms with Gasteiger partial charge in [0, 0.05) is 11.1 Å². The lowest BCUT2D eigenvalue weighted by Crippen LogP contribution is -2.27. The van der Waals surface area contributed by atoms with E-state index in [1.165, 1.54) is 18.2 Å². The topological polar surface area (TPSA) is 46.2 Å². The molecule has 0 saturated heterocycles. The monoisotopic (exact) mass is 313 g/mol. The van der Waals surface area contributed by atoms with E-state index in [-0.39, 0.29) is 4.90 Å². The molecule has 0 spiro atoms. The third-order valence-corrected chi connectivity index (χ3v) is 4.75. The lowest BCUT2D eigenvalue weighted by molar-refractivity contribution is 0.547. The molecular weight excluding hydrogens is 301 g/mol. The fraction of sp³-hybridized carbons (Fsp3) is 0.143. The van der Waals surface area contributed by atoms with E-state index in [2.05, 4.69) is 4.72 Å². The number of hydrogen-bond acceptors (Lipinski definition) is 2. The Morgan fingerprint density at radius 3 is 2.35 bits per heavy atom. The number of hydrogen-bond donors (Lipinski definition) is 1. The minimum absolute atomic E-state index is 0.376. The number of sulfonamides is 1. The second-order valence-electron chi connectivity index (χ2n) is 4.29. The molecule has 0 fully saturated rings. The maximum absolute atomic E-state index is 13.6. The van der Waals surface area contributed by atoms with Gasteiger partial charge in [-0.3, -0.25) is 0 Å². The molecule has 0 heterocycles. The van der Waals surface area contributed by atoms with Gasteiger partial charge in [-0.1, -0.05) is 41.9 Å². The molecule has 1 N–H and O–H groups in total. The predicted octanol–water partition coefficient (Wildman–Crippen LogP) is 3.52. The van der Waals surface area contributed by atoms with Gasteiger partial charge in [-0.15, -0.1) is 0 Å². The van der Waals surface area contributed by atoms with E-state index >= 15 is 0 Å². The highest BCUT2D eigenvalue weighted by atomic mass is 35.5. The fourth-order valence-electron chi connectivity index (χ4n) is 1.85. The van der Waals surface area contributed by atoms with Crippen molar-refractivity contribution in [2.24, 2.45) is 0 Å². The van der Waals surface area contributed by atoms with Gasteiger partial charge in [0.2, 0.25) is 10.0 Å². The van der Waals surface area contributed by atoms with Crippen LogP contribution in [0.1, 0.15) is 18.5 Å². The van der Waals surface area contributed by atoms with Gasteiger partial charge in [0.25, 0.3) is 0 Å². The van der Waals surface area contributed by atoms with Gasteiger partial charge in [-0.2, -0.15) is 0 Å². The van der Waals surface area contributed by atoms with Gasteiger partial charge in [0.15, 0.2) is 0 Å². The zero-order valence-electron chi connectivity index (χ0n) is 10.7. The Morgan fingerprint density at radius 1 is 1.10 bits per heavy atom. The lowest BCUT2D eigenvalue weighted by Gasteiger charge is -2.16. The smallest absolute Gasteiger partial charge is 0.207 e. The van der Waals surface area contributed by atoms with Gasteiger partial charge in [0.05, 0.1) is 0 Å². The van der Waals surface area contributed by atoms with Crippen molar-refractivity contribution < 1.29 is 12.8 Å². The summed E-state index contributed by atoms with van der Waals surface area (Å²) in [5.41, 5.74) is 0.633. The molecule has 0 saturated carbocycles. The summed E-state index contributed by atoms with van der Waals surface area (Å²) in [6, 6.07) is 11.6. The Bertz CT molecular complexity index is 719. The third kappa shape index (κ3) is 3.17. The minimum Gasteiger partial charge on any atom is -0.207 e. The molecule has 0 bridgehead atoms. The molecule has 3 nitrogen and oxygen atoms in total. The van der Waals surface area contributed by atoms with Crippen molar-refractivity contribution in [3.05, 3.63) is 64.9 Å². The number of nitrogens with one attached hydrogen (secondary N) is 1. The van der Waals surface area contributed by atoms with Crippen molar-refractivity contribution in [3.63, 3.8) is 0 Å². The van der Waals surface area contributed by atoms with Crippen LogP contribution in [0.25, 0.3) is 0 Å². The Balaban J connectivity index is 2.30. The van der Waals surface area contributed by atoms with Crippen LogP contribution in [0, 0.1) is 5.82 Å². The lowest BCUT2D eigenvalue weighted by atomic mass is 10.1. The molecule has 0 aliphatic carbocycles. The highest BCUT2D eigenvalue weighted by molar-refractivity contribution is 7.89. The molecule has 1 atom stereocenters. The average Bonchev–Trinajstić information content (AvgIpc) is 2.38. The summed E-state index contributed by atoms with van der Waals surface area (Å²) in [6.07, 6.45) is 0. The van der Waals surface area contributed by atoms with E-state index in [9.17, 15) is 12.8 Å². The maximum atomic E-state index is 13.6. The molecule has 0 aromatic heterocycles. The second kappa shape index (κ2) is 5.91. The van der Waals surface area contributed by atoms with Crippen LogP contribution >= 0.6 is 11.6 Å². The van der Waals surface area contributed by atoms with E-state index in [4.69, 9.17) is 11.6 Å². The molecule has 2 aromatic rings. The molecule has 1 unspecified atom stereocenters. The summed E-state index contributed by atoms with van der Waals surface area (Å²) in [4.78, 5) is -0.376. The van der Waals surface area contributed by atoms with Crippen LogP contribution in [0.2, 0.25) is 5.02 Å². The van der Waals surface area contributed by atoms with Crippen molar-refractivity contribution >= 4 is 21.6 Å². The van der Waals surface area contributed by atoms with E-state index in [0.717, 1.165) is 6.07 Å². The van der Waals surface area contributed by atoms with Gasteiger partial charge < -0.3 is 0 Å². The van der Waals surface area contributed by atoms with Crippen LogP contribution in [0.5, 0.6) is 0 Å². The highest BCUT2D eigenvalue weighted by Gasteiger charge is 2.22. The van der Waals surface area contributed by atoms with E-state index in [1.807, 2.05) is 0 Å². The average molecular weight is 314 g/mol. The van der Waals surface area contributed by atoms with Crippen molar-refractivity contribution in [2.45, 2.75) is 17.9 Å². The second-order valence-corrected chi connectivity index (χ2v) is 6.38. The molecule has 2 aromatic carbocycles. The molecule has 106 valence electrons. The molecular formula is C14H13ClFNO2S. The van der Waals surface area contributed by atoms with Gasteiger partial charge in [-0.05, 0) is 30.7 Å². The third-order valence-electron chi connectivity index (χ3n) is 2.83. The Labute approximate surface area is 122 Å². The van der Waals surface area contributed by atoms with Crippen LogP contribution < -0.4 is 4.72 Å². The first kappa shape index (κ1) is 15.0. The molecule has 20 heavy (non-hydrogen) atoms. The normalized spacial score (nSPS) is 13.2. The Hall–Kier alpha value is -1.43. The fourth-order valence-corrected chi connectivity index (χ4v) is 3.45. The first-order valence-electron chi connectivity index (χ1n) is 5.93. The zero-order chi connectivity index (χ0) is 14.8. The number of rotatable bonds is 4. The summed E-state index contributed by atoms with van der Waals surface area (Å²) >= 11 is 6.02. The van der Waals surface area contributed by atoms with E-state index in [0.29, 0.717) is 10.6 Å². The summed E-state index contributed by atoms with van der Waals surface area (Å²) < 4.78 is 40.3. The highest BCUT2D eigenvalue weighted by Crippen LogP contribution is 2.24. The first-order valence-corrected chi connectivity index (χ1v) is 7.79. The van der Waals surface area contributed by atoms with Crippen molar-refractivity contribution in [3.8, 4) is 0 Å². The quantitative estimate of drug-likeness (QED) is 0.938. The molecule has 0 aliphatic heterocycles. The van der Waals surface area contributed by atoms with Gasteiger partial charge in [-0.25, -0.2) is 17.5 Å². The van der Waals surface area contributed by atoms with Crippen molar-refractivity contribution in [1.82, 2.24) is 4.72 Å². The van der Waals surface area contributed by atoms with Crippen molar-refractivity contribution in [1.29, 1.82) is 0 Å². The van der Waals surface area contributed by atoms with Gasteiger partial charge >= 0.3 is 0 Å². The van der Waals surface area contributed by atoms with E-state index < -0.39 is 21.9 Å². The Morgan fingerprint density at radius 2 is 1.70 bits per heavy atom. The zero-order valence-corrected chi connectivity index (χ0v) is 12.2. The molecule has 2 rings (SSSR count). The van der Waals surface area contributed by atoms with Crippen LogP contribution in [-0.4, -0.2) is 8.42 Å². The van der Waals surface area contributed by atoms with Crippen LogP contribution in [0.3, 0.4) is 0 Å². The molecule has 0 amide bonds. The van der Waals surface area contributed by atoms with Crippen LogP contribution in [0.4, 0.5) is 4.39 Å². The minimum atomic E-state index is -3.94. The summed E-state index contributed by atoms with van der Waals surface area (Å²) in [5.74, 6) is -0.786. The van der Waals surface area contributed by atoms with Gasteiger partial charge in [0.1, 0.15) is 10.7 Å². The standard InChI is InChI=1S/C14H13ClFNO2S/c1-10(11-6-2-3-7-12(11)15)17-20(18,19)14-9-5-4-8-13(14)16/h2-10,17H,1H3. The molecule has 6 heteroatoms. The number of benzene rings is 2. The Kier molecular flexibility index (Phi) is 4.42. The molecule has 0 radical (unpaired) electrons. The largest absolute Gasteiger partial charge is 0.244 e. The first-order chi connectivity index (χ1) is 9.42. The SMILES string of the molecule is CC(NS(=O)(=O)c1ccccc1F)c1ccccc1Cl. The molecule has 0 aliphatic rings. The maximum Gasteiger partial charge on any atom is 0.244 e. The summed E-state index contributed by atoms with van der Waals surface area (Å²) in [6.45, 7) is 1.65. The van der Waals surface area contributed by atoms with Crippen LogP contribution in [-0.2, 0) is 10.0 Å². The van der Waals surface area contributed by atoms with E-state index in [1.54, 1.807) is 31.2 Å². The van der Waals surface area contributed by atoms with Crippen molar-refractivity contribution in [2.75, 3.05) is 0 Å². The van der Waals surface area contributed by atoms with Crippen LogP contribution in [0.15, 0.2) is 53.4 Å². The number of halogens is 2. The summed E-state index contributed by atoms with van der Waals surface area (Å²) in [7, 11) is -3.94. The predicted molar refractivity (Wildman–Crippen MR) is 76.6 cm³/mol. The summed E-state index contributed by atoms with van der Waals surface area (Å²) in [5, 5.41) is 0.455.